The van der Waals surface area contributed by atoms with Crippen molar-refractivity contribution in [3.05, 3.63) is 83.7 Å². The molecule has 192 valence electrons. The van der Waals surface area contributed by atoms with Crippen LogP contribution < -0.4 is 13.9 Å². The van der Waals surface area contributed by atoms with Crippen LogP contribution in [0.25, 0.3) is 10.1 Å². The van der Waals surface area contributed by atoms with Gasteiger partial charge in [-0.15, -0.1) is 11.3 Å². The summed E-state index contributed by atoms with van der Waals surface area (Å²) in [5, 5.41) is 0.858. The lowest BCUT2D eigenvalue weighted by Gasteiger charge is -2.35. The van der Waals surface area contributed by atoms with E-state index in [2.05, 4.69) is 17.0 Å². The van der Waals surface area contributed by atoms with E-state index in [1.165, 1.54) is 21.3 Å². The number of para-hydroxylation sites is 1. The lowest BCUT2D eigenvalue weighted by Crippen LogP contribution is -2.48. The molecule has 7 nitrogen and oxygen atoms in total. The lowest BCUT2D eigenvalue weighted by molar-refractivity contribution is 0.0751. The van der Waals surface area contributed by atoms with Gasteiger partial charge >= 0.3 is 0 Å². The molecule has 2 heterocycles. The highest BCUT2D eigenvalue weighted by Crippen LogP contribution is 2.33. The third-order valence-electron chi connectivity index (χ3n) is 6.62. The summed E-state index contributed by atoms with van der Waals surface area (Å²) in [5.41, 5.74) is 1.74. The number of benzene rings is 3. The highest BCUT2D eigenvalue weighted by atomic mass is 32.2. The summed E-state index contributed by atoms with van der Waals surface area (Å²) in [6.45, 7) is 5.00. The third kappa shape index (κ3) is 5.01. The molecule has 1 aromatic heterocycles. The minimum Gasteiger partial charge on any atom is -0.497 e. The molecule has 0 saturated carbocycles. The molecule has 0 spiro atoms. The van der Waals surface area contributed by atoms with Crippen molar-refractivity contribution >= 4 is 48.7 Å². The maximum absolute atomic E-state index is 13.4. The summed E-state index contributed by atoms with van der Waals surface area (Å²) < 4.78 is 34.2. The number of nitrogens with zero attached hydrogens (tertiary/aromatic N) is 3. The molecular weight excluding hydrogens is 506 g/mol. The molecule has 0 atom stereocenters. The normalized spacial score (nSPS) is 14.1. The van der Waals surface area contributed by atoms with Crippen molar-refractivity contribution < 1.29 is 17.9 Å². The molecule has 3 aromatic carbocycles. The van der Waals surface area contributed by atoms with E-state index in [0.717, 1.165) is 23.2 Å². The van der Waals surface area contributed by atoms with Crippen molar-refractivity contribution in [2.45, 2.75) is 11.8 Å². The van der Waals surface area contributed by atoms with Crippen LogP contribution >= 0.6 is 11.3 Å². The number of amides is 1. The smallest absolute Gasteiger partial charge is 0.264 e. The van der Waals surface area contributed by atoms with Gasteiger partial charge in [-0.3, -0.25) is 9.10 Å². The van der Waals surface area contributed by atoms with E-state index in [9.17, 15) is 13.2 Å². The number of hydrogen-bond acceptors (Lipinski definition) is 6. The first kappa shape index (κ1) is 25.1. The Balaban J connectivity index is 1.34. The van der Waals surface area contributed by atoms with E-state index < -0.39 is 10.0 Å². The second-order valence-electron chi connectivity index (χ2n) is 8.79. The molecule has 1 saturated heterocycles. The number of carbonyl (C=O) groups is 1. The zero-order chi connectivity index (χ0) is 26.0. The molecule has 4 aromatic rings. The predicted octanol–water partition coefficient (Wildman–Crippen LogP) is 5.09. The molecule has 1 fully saturated rings. The second-order valence-corrected chi connectivity index (χ2v) is 11.7. The van der Waals surface area contributed by atoms with Gasteiger partial charge in [-0.2, -0.15) is 0 Å². The quantitative estimate of drug-likeness (QED) is 0.330. The van der Waals surface area contributed by atoms with Gasteiger partial charge in [-0.1, -0.05) is 18.2 Å². The van der Waals surface area contributed by atoms with Crippen molar-refractivity contribution in [1.82, 2.24) is 4.90 Å². The summed E-state index contributed by atoms with van der Waals surface area (Å²) in [4.78, 5) is 18.3. The zero-order valence-electron chi connectivity index (χ0n) is 20.8. The summed E-state index contributed by atoms with van der Waals surface area (Å²) in [6.07, 6.45) is 0. The molecule has 5 rings (SSSR count). The average molecular weight is 536 g/mol. The van der Waals surface area contributed by atoms with Crippen molar-refractivity contribution in [3.63, 3.8) is 0 Å². The highest BCUT2D eigenvalue weighted by molar-refractivity contribution is 7.92. The Morgan fingerprint density at radius 3 is 2.30 bits per heavy atom. The molecule has 0 N–H and O–H groups in total. The number of hydrogen-bond donors (Lipinski definition) is 0. The number of piperazine rings is 1. The Bertz CT molecular complexity index is 1490. The first-order valence-corrected chi connectivity index (χ1v) is 14.5. The molecule has 9 heteroatoms. The molecule has 0 bridgehead atoms. The SMILES string of the molecule is CCN(c1ccc2sc(C(=O)N3CCN(c4ccccc4)CC3)cc2c1)S(=O)(=O)c1ccc(OC)cc1. The van der Waals surface area contributed by atoms with Crippen LogP contribution in [0.4, 0.5) is 11.4 Å². The number of fused-ring (bicyclic) bond motifs is 1. The van der Waals surface area contributed by atoms with Crippen LogP contribution in [-0.2, 0) is 10.0 Å². The fourth-order valence-electron chi connectivity index (χ4n) is 4.62. The summed E-state index contributed by atoms with van der Waals surface area (Å²) in [7, 11) is -2.21. The van der Waals surface area contributed by atoms with Gasteiger partial charge in [0, 0.05) is 43.1 Å². The molecule has 37 heavy (non-hydrogen) atoms. The van der Waals surface area contributed by atoms with Crippen LogP contribution in [-0.4, -0.2) is 59.1 Å². The Hall–Kier alpha value is -3.56. The van der Waals surface area contributed by atoms with E-state index >= 15 is 0 Å². The molecule has 1 amide bonds. The van der Waals surface area contributed by atoms with Gasteiger partial charge in [0.05, 0.1) is 22.6 Å². The largest absolute Gasteiger partial charge is 0.497 e. The number of rotatable bonds is 7. The van der Waals surface area contributed by atoms with Gasteiger partial charge in [0.15, 0.2) is 0 Å². The maximum atomic E-state index is 13.4. The summed E-state index contributed by atoms with van der Waals surface area (Å²) >= 11 is 1.45. The second kappa shape index (κ2) is 10.4. The Labute approximate surface area is 221 Å². The van der Waals surface area contributed by atoms with Gasteiger partial charge in [0.1, 0.15) is 5.75 Å². The molecule has 1 aliphatic rings. The number of anilines is 2. The van der Waals surface area contributed by atoms with Crippen LogP contribution in [0.2, 0.25) is 0 Å². The van der Waals surface area contributed by atoms with Crippen LogP contribution in [0.5, 0.6) is 5.75 Å². The minimum absolute atomic E-state index is 0.0219. The van der Waals surface area contributed by atoms with E-state index in [1.807, 2.05) is 48.2 Å². The monoisotopic (exact) mass is 535 g/mol. The third-order valence-corrected chi connectivity index (χ3v) is 9.64. The number of carbonyl (C=O) groups excluding carboxylic acids is 1. The summed E-state index contributed by atoms with van der Waals surface area (Å²) in [5.74, 6) is 0.619. The van der Waals surface area contributed by atoms with Gasteiger partial charge in [-0.25, -0.2) is 8.42 Å². The highest BCUT2D eigenvalue weighted by Gasteiger charge is 2.26. The summed E-state index contributed by atoms with van der Waals surface area (Å²) in [6, 6.07) is 24.0. The Kier molecular flexibility index (Phi) is 7.08. The van der Waals surface area contributed by atoms with Crippen molar-refractivity contribution in [3.8, 4) is 5.75 Å². The van der Waals surface area contributed by atoms with Crippen molar-refractivity contribution in [2.75, 3.05) is 49.0 Å². The van der Waals surface area contributed by atoms with Gasteiger partial charge in [0.25, 0.3) is 15.9 Å². The fraction of sp³-hybridized carbons (Fsp3) is 0.250. The molecule has 0 radical (unpaired) electrons. The van der Waals surface area contributed by atoms with E-state index in [4.69, 9.17) is 4.74 Å². The number of thiophene rings is 1. The molecule has 0 aliphatic carbocycles. The number of methoxy groups -OCH3 is 1. The number of ether oxygens (including phenoxy) is 1. The minimum atomic E-state index is -3.75. The van der Waals surface area contributed by atoms with Crippen molar-refractivity contribution in [1.29, 1.82) is 0 Å². The van der Waals surface area contributed by atoms with E-state index in [1.54, 1.807) is 37.4 Å². The fourth-order valence-corrected chi connectivity index (χ4v) is 7.10. The number of sulfonamides is 1. The first-order chi connectivity index (χ1) is 17.9. The molecule has 0 unspecified atom stereocenters. The zero-order valence-corrected chi connectivity index (χ0v) is 22.5. The van der Waals surface area contributed by atoms with Gasteiger partial charge < -0.3 is 14.5 Å². The van der Waals surface area contributed by atoms with Crippen LogP contribution in [0.15, 0.2) is 83.8 Å². The van der Waals surface area contributed by atoms with Crippen molar-refractivity contribution in [2.24, 2.45) is 0 Å². The van der Waals surface area contributed by atoms with Crippen LogP contribution in [0.3, 0.4) is 0 Å². The van der Waals surface area contributed by atoms with Crippen LogP contribution in [0, 0.1) is 0 Å². The van der Waals surface area contributed by atoms with Gasteiger partial charge in [0.2, 0.25) is 0 Å². The van der Waals surface area contributed by atoms with E-state index in [0.29, 0.717) is 29.4 Å². The van der Waals surface area contributed by atoms with Gasteiger partial charge in [-0.05, 0) is 73.0 Å². The Morgan fingerprint density at radius 1 is 0.946 bits per heavy atom. The predicted molar refractivity (Wildman–Crippen MR) is 150 cm³/mol. The topological polar surface area (TPSA) is 70.2 Å². The standard InChI is InChI=1S/C28H29N3O4S2/c1-3-31(37(33,34)25-12-10-24(35-2)11-13-25)23-9-14-26-21(19-23)20-27(36-26)28(32)30-17-15-29(16-18-30)22-7-5-4-6-8-22/h4-14,19-20H,3,15-18H2,1-2H3. The molecule has 1 aliphatic heterocycles. The first-order valence-electron chi connectivity index (χ1n) is 12.2. The lowest BCUT2D eigenvalue weighted by atomic mass is 10.2. The van der Waals surface area contributed by atoms with Crippen LogP contribution in [0.1, 0.15) is 16.6 Å². The maximum Gasteiger partial charge on any atom is 0.264 e. The van der Waals surface area contributed by atoms with E-state index in [-0.39, 0.29) is 17.3 Å². The molecular formula is C28H29N3O4S2. The Morgan fingerprint density at radius 2 is 1.65 bits per heavy atom. The average Bonchev–Trinajstić information content (AvgIpc) is 3.37.